The second-order valence-corrected chi connectivity index (χ2v) is 5.79. The van der Waals surface area contributed by atoms with Crippen molar-refractivity contribution < 1.29 is 19.1 Å². The van der Waals surface area contributed by atoms with Crippen LogP contribution in [0.5, 0.6) is 0 Å². The molecular formula is C13H11Br2NO4. The van der Waals surface area contributed by atoms with E-state index in [9.17, 15) is 9.59 Å². The number of ether oxygens (including phenoxy) is 2. The lowest BCUT2D eigenvalue weighted by molar-refractivity contribution is -0.149. The van der Waals surface area contributed by atoms with E-state index in [1.165, 1.54) is 14.0 Å². The summed E-state index contributed by atoms with van der Waals surface area (Å²) >= 11 is 6.77. The molecule has 1 heterocycles. The van der Waals surface area contributed by atoms with Crippen molar-refractivity contribution in [3.63, 3.8) is 0 Å². The Labute approximate surface area is 131 Å². The zero-order valence-electron chi connectivity index (χ0n) is 10.7. The summed E-state index contributed by atoms with van der Waals surface area (Å²) < 4.78 is 11.3. The van der Waals surface area contributed by atoms with E-state index >= 15 is 0 Å². The number of nitrogens with one attached hydrogen (secondary N) is 1. The van der Waals surface area contributed by atoms with Crippen LogP contribution in [0.3, 0.4) is 0 Å². The summed E-state index contributed by atoms with van der Waals surface area (Å²) in [5, 5.41) is 0.710. The van der Waals surface area contributed by atoms with E-state index in [0.29, 0.717) is 10.9 Å². The van der Waals surface area contributed by atoms with Gasteiger partial charge in [-0.15, -0.1) is 0 Å². The largest absolute Gasteiger partial charge is 0.466 e. The number of halogens is 2. The fourth-order valence-corrected chi connectivity index (χ4v) is 2.41. The summed E-state index contributed by atoms with van der Waals surface area (Å²) in [6.45, 7) is 1.46. The third kappa shape index (κ3) is 2.88. The van der Waals surface area contributed by atoms with Gasteiger partial charge in [-0.3, -0.25) is 0 Å². The minimum absolute atomic E-state index is 0.365. The summed E-state index contributed by atoms with van der Waals surface area (Å²) in [4.78, 5) is 26.3. The molecule has 1 aromatic heterocycles. The molecule has 1 N–H and O–H groups in total. The van der Waals surface area contributed by atoms with Gasteiger partial charge in [0.15, 0.2) is 6.10 Å². The summed E-state index contributed by atoms with van der Waals surface area (Å²) in [6, 6.07) is 3.65. The average Bonchev–Trinajstić information content (AvgIpc) is 2.81. The molecule has 0 spiro atoms. The van der Waals surface area contributed by atoms with Gasteiger partial charge in [0.1, 0.15) is 0 Å². The Balaban J connectivity index is 2.31. The highest BCUT2D eigenvalue weighted by Crippen LogP contribution is 2.30. The Morgan fingerprint density at radius 3 is 2.55 bits per heavy atom. The fraction of sp³-hybridized carbons (Fsp3) is 0.231. The van der Waals surface area contributed by atoms with Crippen molar-refractivity contribution in [2.45, 2.75) is 13.0 Å². The van der Waals surface area contributed by atoms with Crippen LogP contribution in [-0.4, -0.2) is 30.1 Å². The van der Waals surface area contributed by atoms with Gasteiger partial charge in [0.05, 0.1) is 12.7 Å². The van der Waals surface area contributed by atoms with Crippen LogP contribution in [0.25, 0.3) is 10.9 Å². The van der Waals surface area contributed by atoms with E-state index in [1.807, 2.05) is 6.07 Å². The van der Waals surface area contributed by atoms with Crippen LogP contribution < -0.4 is 0 Å². The minimum Gasteiger partial charge on any atom is -0.466 e. The summed E-state index contributed by atoms with van der Waals surface area (Å²) in [5.74, 6) is -1.18. The number of carbonyl (C=O) groups is 2. The topological polar surface area (TPSA) is 68.4 Å². The molecule has 0 radical (unpaired) electrons. The van der Waals surface area contributed by atoms with Crippen molar-refractivity contribution in [2.24, 2.45) is 0 Å². The molecule has 1 atom stereocenters. The standard InChI is InChI=1S/C13H11Br2NO4/c1-6(12(17)19-2)20-13(18)8-5-16-11-4-10(15)9(14)3-7(8)11/h3-6,16H,1-2H3/t6-/m1/s1. The molecule has 106 valence electrons. The van der Waals surface area contributed by atoms with E-state index in [2.05, 4.69) is 41.6 Å². The molecule has 0 aliphatic rings. The number of rotatable bonds is 3. The van der Waals surface area contributed by atoms with Crippen molar-refractivity contribution in [1.29, 1.82) is 0 Å². The minimum atomic E-state index is -0.948. The molecule has 2 aromatic rings. The summed E-state index contributed by atoms with van der Waals surface area (Å²) in [6.07, 6.45) is 0.604. The van der Waals surface area contributed by atoms with Crippen molar-refractivity contribution in [2.75, 3.05) is 7.11 Å². The number of hydrogen-bond acceptors (Lipinski definition) is 4. The molecule has 0 saturated carbocycles. The molecule has 0 aliphatic heterocycles. The lowest BCUT2D eigenvalue weighted by Gasteiger charge is -2.10. The SMILES string of the molecule is COC(=O)[C@@H](C)OC(=O)c1c[nH]c2cc(Br)c(Br)cc12. The predicted molar refractivity (Wildman–Crippen MR) is 80.6 cm³/mol. The van der Waals surface area contributed by atoms with Crippen LogP contribution in [0.4, 0.5) is 0 Å². The van der Waals surface area contributed by atoms with Gasteiger partial charge >= 0.3 is 11.9 Å². The molecule has 0 unspecified atom stereocenters. The number of aromatic nitrogens is 1. The van der Waals surface area contributed by atoms with Gasteiger partial charge < -0.3 is 14.5 Å². The summed E-state index contributed by atoms with van der Waals surface area (Å²) in [7, 11) is 1.24. The second-order valence-electron chi connectivity index (χ2n) is 4.08. The maximum absolute atomic E-state index is 12.1. The Morgan fingerprint density at radius 1 is 1.25 bits per heavy atom. The van der Waals surface area contributed by atoms with Crippen LogP contribution in [-0.2, 0) is 14.3 Å². The summed E-state index contributed by atoms with van der Waals surface area (Å²) in [5.41, 5.74) is 1.15. The van der Waals surface area contributed by atoms with Gasteiger partial charge in [0.2, 0.25) is 0 Å². The molecule has 0 fully saturated rings. The molecule has 5 nitrogen and oxygen atoms in total. The molecular weight excluding hydrogens is 394 g/mol. The zero-order valence-corrected chi connectivity index (χ0v) is 13.9. The molecule has 2 rings (SSSR count). The monoisotopic (exact) mass is 403 g/mol. The lowest BCUT2D eigenvalue weighted by Crippen LogP contribution is -2.25. The first-order valence-corrected chi connectivity index (χ1v) is 7.27. The maximum Gasteiger partial charge on any atom is 0.346 e. The van der Waals surface area contributed by atoms with Gasteiger partial charge in [-0.25, -0.2) is 9.59 Å². The number of methoxy groups -OCH3 is 1. The highest BCUT2D eigenvalue weighted by Gasteiger charge is 2.21. The van der Waals surface area contributed by atoms with E-state index in [-0.39, 0.29) is 0 Å². The van der Waals surface area contributed by atoms with Gasteiger partial charge in [0, 0.05) is 26.0 Å². The maximum atomic E-state index is 12.1. The number of aromatic amines is 1. The van der Waals surface area contributed by atoms with Gasteiger partial charge in [-0.05, 0) is 50.9 Å². The average molecular weight is 405 g/mol. The van der Waals surface area contributed by atoms with E-state index in [1.54, 1.807) is 12.3 Å². The first-order valence-electron chi connectivity index (χ1n) is 5.69. The van der Waals surface area contributed by atoms with Crippen molar-refractivity contribution in [3.8, 4) is 0 Å². The zero-order chi connectivity index (χ0) is 14.9. The van der Waals surface area contributed by atoms with E-state index in [4.69, 9.17) is 4.74 Å². The molecule has 0 saturated heterocycles. The van der Waals surface area contributed by atoms with Gasteiger partial charge in [-0.1, -0.05) is 0 Å². The van der Waals surface area contributed by atoms with Crippen LogP contribution in [0.15, 0.2) is 27.3 Å². The van der Waals surface area contributed by atoms with E-state index < -0.39 is 18.0 Å². The first-order chi connectivity index (χ1) is 9.43. The third-order valence-corrected chi connectivity index (χ3v) is 4.60. The molecule has 1 aromatic carbocycles. The van der Waals surface area contributed by atoms with Gasteiger partial charge in [0.25, 0.3) is 0 Å². The van der Waals surface area contributed by atoms with Crippen LogP contribution in [0.1, 0.15) is 17.3 Å². The Bertz CT molecular complexity index is 680. The highest BCUT2D eigenvalue weighted by atomic mass is 79.9. The van der Waals surface area contributed by atoms with E-state index in [0.717, 1.165) is 14.5 Å². The molecule has 0 amide bonds. The molecule has 7 heteroatoms. The smallest absolute Gasteiger partial charge is 0.346 e. The van der Waals surface area contributed by atoms with Crippen LogP contribution in [0.2, 0.25) is 0 Å². The highest BCUT2D eigenvalue weighted by molar-refractivity contribution is 9.13. The number of esters is 2. The third-order valence-electron chi connectivity index (χ3n) is 2.76. The van der Waals surface area contributed by atoms with Crippen LogP contribution in [0, 0.1) is 0 Å². The normalized spacial score (nSPS) is 12.2. The van der Waals surface area contributed by atoms with Crippen molar-refractivity contribution >= 4 is 54.7 Å². The Kier molecular flexibility index (Phi) is 4.49. The predicted octanol–water partition coefficient (Wildman–Crippen LogP) is 3.41. The van der Waals surface area contributed by atoms with Crippen molar-refractivity contribution in [3.05, 3.63) is 32.8 Å². The first kappa shape index (κ1) is 15.1. The molecule has 0 bridgehead atoms. The number of hydrogen-bond donors (Lipinski definition) is 1. The Hall–Kier alpha value is -1.34. The molecule has 20 heavy (non-hydrogen) atoms. The fourth-order valence-electron chi connectivity index (χ4n) is 1.72. The number of benzene rings is 1. The van der Waals surface area contributed by atoms with Gasteiger partial charge in [-0.2, -0.15) is 0 Å². The number of H-pyrrole nitrogens is 1. The number of carbonyl (C=O) groups excluding carboxylic acids is 2. The van der Waals surface area contributed by atoms with Crippen LogP contribution >= 0.6 is 31.9 Å². The lowest BCUT2D eigenvalue weighted by atomic mass is 10.2. The quantitative estimate of drug-likeness (QED) is 0.796. The second kappa shape index (κ2) is 5.97. The number of fused-ring (bicyclic) bond motifs is 1. The molecule has 0 aliphatic carbocycles. The van der Waals surface area contributed by atoms with Crippen molar-refractivity contribution in [1.82, 2.24) is 4.98 Å². The Morgan fingerprint density at radius 2 is 1.90 bits per heavy atom.